The zero-order chi connectivity index (χ0) is 16.9. The lowest BCUT2D eigenvalue weighted by molar-refractivity contribution is -0.181. The number of nitrogens with one attached hydrogen (secondary N) is 1. The fourth-order valence-corrected chi connectivity index (χ4v) is 2.93. The normalized spacial score (nSPS) is 25.7. The Labute approximate surface area is 135 Å². The van der Waals surface area contributed by atoms with E-state index >= 15 is 0 Å². The lowest BCUT2D eigenvalue weighted by atomic mass is 10.2. The number of rotatable bonds is 4. The van der Waals surface area contributed by atoms with Gasteiger partial charge in [-0.15, -0.1) is 0 Å². The minimum atomic E-state index is -4.17. The Morgan fingerprint density at radius 2 is 2.00 bits per heavy atom. The van der Waals surface area contributed by atoms with E-state index in [1.54, 1.807) is 0 Å². The zero-order valence-electron chi connectivity index (χ0n) is 13.9. The highest BCUT2D eigenvalue weighted by Crippen LogP contribution is 2.25. The summed E-state index contributed by atoms with van der Waals surface area (Å²) in [4.78, 5) is 8.13. The largest absolute Gasteiger partial charge is 0.403 e. The molecule has 2 atom stereocenters. The van der Waals surface area contributed by atoms with E-state index in [1.165, 1.54) is 11.8 Å². The van der Waals surface area contributed by atoms with Gasteiger partial charge in [0, 0.05) is 39.3 Å². The van der Waals surface area contributed by atoms with Gasteiger partial charge in [0.1, 0.15) is 6.04 Å². The van der Waals surface area contributed by atoms with Gasteiger partial charge in [-0.2, -0.15) is 13.2 Å². The molecule has 0 radical (unpaired) electrons. The molecule has 0 spiro atoms. The summed E-state index contributed by atoms with van der Waals surface area (Å²) in [7, 11) is 0. The van der Waals surface area contributed by atoms with Crippen LogP contribution in [0.2, 0.25) is 0 Å². The summed E-state index contributed by atoms with van der Waals surface area (Å²) in [5.74, 6) is 0.780. The van der Waals surface area contributed by atoms with Crippen LogP contribution in [0.5, 0.6) is 0 Å². The molecule has 0 aromatic heterocycles. The minimum absolute atomic E-state index is 0.176. The van der Waals surface area contributed by atoms with Crippen LogP contribution in [0.1, 0.15) is 26.7 Å². The minimum Gasteiger partial charge on any atom is -0.376 e. The third-order valence-electron chi connectivity index (χ3n) is 4.44. The molecule has 5 nitrogen and oxygen atoms in total. The van der Waals surface area contributed by atoms with E-state index in [0.29, 0.717) is 32.7 Å². The molecule has 134 valence electrons. The van der Waals surface area contributed by atoms with Crippen LogP contribution in [-0.4, -0.2) is 80.0 Å². The van der Waals surface area contributed by atoms with Crippen LogP contribution < -0.4 is 5.32 Å². The Bertz CT molecular complexity index is 389. The molecule has 2 unspecified atom stereocenters. The number of halogens is 3. The predicted octanol–water partition coefficient (Wildman–Crippen LogP) is 1.70. The van der Waals surface area contributed by atoms with Gasteiger partial charge in [0.15, 0.2) is 5.96 Å². The summed E-state index contributed by atoms with van der Waals surface area (Å²) >= 11 is 0. The first-order valence-electron chi connectivity index (χ1n) is 8.37. The second-order valence-electron chi connectivity index (χ2n) is 6.07. The summed E-state index contributed by atoms with van der Waals surface area (Å²) in [6.07, 6.45) is -1.89. The number of alkyl halides is 3. The van der Waals surface area contributed by atoms with Crippen LogP contribution in [0, 0.1) is 0 Å². The average Bonchev–Trinajstić information content (AvgIpc) is 3.03. The maximum atomic E-state index is 12.8. The summed E-state index contributed by atoms with van der Waals surface area (Å²) < 4.78 is 44.0. The van der Waals surface area contributed by atoms with Crippen molar-refractivity contribution in [2.45, 2.75) is 45.0 Å². The average molecular weight is 336 g/mol. The zero-order valence-corrected chi connectivity index (χ0v) is 13.9. The van der Waals surface area contributed by atoms with E-state index in [1.807, 2.05) is 11.8 Å². The maximum absolute atomic E-state index is 12.8. The van der Waals surface area contributed by atoms with Gasteiger partial charge in [0.25, 0.3) is 0 Å². The van der Waals surface area contributed by atoms with Crippen LogP contribution in [0.15, 0.2) is 4.99 Å². The van der Waals surface area contributed by atoms with E-state index in [4.69, 9.17) is 4.74 Å². The van der Waals surface area contributed by atoms with Gasteiger partial charge in [-0.1, -0.05) is 0 Å². The third kappa shape index (κ3) is 5.24. The molecular formula is C15H27F3N4O. The van der Waals surface area contributed by atoms with Gasteiger partial charge in [-0.25, -0.2) is 0 Å². The molecule has 8 heteroatoms. The number of aliphatic imine (C=N–C) groups is 1. The fourth-order valence-electron chi connectivity index (χ4n) is 2.93. The molecule has 2 heterocycles. The first-order chi connectivity index (χ1) is 10.9. The molecule has 0 aromatic carbocycles. The predicted molar refractivity (Wildman–Crippen MR) is 83.6 cm³/mol. The number of guanidine groups is 1. The highest BCUT2D eigenvalue weighted by molar-refractivity contribution is 5.80. The quantitative estimate of drug-likeness (QED) is 0.627. The molecule has 2 aliphatic heterocycles. The Morgan fingerprint density at radius 3 is 2.52 bits per heavy atom. The molecular weight excluding hydrogens is 309 g/mol. The van der Waals surface area contributed by atoms with Gasteiger partial charge in [-0.3, -0.25) is 9.89 Å². The van der Waals surface area contributed by atoms with Gasteiger partial charge in [0.2, 0.25) is 0 Å². The van der Waals surface area contributed by atoms with E-state index in [2.05, 4.69) is 10.3 Å². The van der Waals surface area contributed by atoms with Crippen molar-refractivity contribution < 1.29 is 17.9 Å². The van der Waals surface area contributed by atoms with Crippen molar-refractivity contribution >= 4 is 5.96 Å². The number of hydrogen-bond donors (Lipinski definition) is 1. The van der Waals surface area contributed by atoms with Gasteiger partial charge in [0.05, 0.1) is 12.6 Å². The van der Waals surface area contributed by atoms with E-state index in [9.17, 15) is 13.2 Å². The summed E-state index contributed by atoms with van der Waals surface area (Å²) in [5, 5.41) is 3.23. The summed E-state index contributed by atoms with van der Waals surface area (Å²) in [6, 6.07) is -1.39. The van der Waals surface area contributed by atoms with Crippen molar-refractivity contribution in [1.82, 2.24) is 15.1 Å². The van der Waals surface area contributed by atoms with Crippen LogP contribution in [0.25, 0.3) is 0 Å². The summed E-state index contributed by atoms with van der Waals surface area (Å²) in [6.45, 7) is 7.26. The smallest absolute Gasteiger partial charge is 0.376 e. The Hall–Kier alpha value is -1.02. The standard InChI is InChI=1S/C15H27F3N4O/c1-3-19-14(20-11-13-5-4-10-23-13)22-8-6-21(7-9-22)12(2)15(16,17)18/h12-13H,3-11H2,1-2H3,(H,19,20). The van der Waals surface area contributed by atoms with Crippen molar-refractivity contribution in [2.24, 2.45) is 4.99 Å². The lowest BCUT2D eigenvalue weighted by Gasteiger charge is -2.39. The molecule has 2 fully saturated rings. The van der Waals surface area contributed by atoms with Crippen molar-refractivity contribution in [3.05, 3.63) is 0 Å². The second kappa shape index (κ2) is 8.19. The SMILES string of the molecule is CCNC(=NCC1CCCO1)N1CCN(C(C)C(F)(F)F)CC1. The summed E-state index contributed by atoms with van der Waals surface area (Å²) in [5.41, 5.74) is 0. The fraction of sp³-hybridized carbons (Fsp3) is 0.933. The highest BCUT2D eigenvalue weighted by Gasteiger charge is 2.41. The number of hydrogen-bond acceptors (Lipinski definition) is 3. The van der Waals surface area contributed by atoms with Crippen LogP contribution >= 0.6 is 0 Å². The molecule has 0 amide bonds. The molecule has 2 aliphatic rings. The maximum Gasteiger partial charge on any atom is 0.403 e. The third-order valence-corrected chi connectivity index (χ3v) is 4.44. The van der Waals surface area contributed by atoms with E-state index < -0.39 is 12.2 Å². The molecule has 23 heavy (non-hydrogen) atoms. The number of piperazine rings is 1. The number of ether oxygens (including phenoxy) is 1. The first kappa shape index (κ1) is 18.3. The monoisotopic (exact) mass is 336 g/mol. The molecule has 0 bridgehead atoms. The van der Waals surface area contributed by atoms with Crippen molar-refractivity contribution in [3.63, 3.8) is 0 Å². The Balaban J connectivity index is 1.88. The second-order valence-corrected chi connectivity index (χ2v) is 6.07. The molecule has 0 aliphatic carbocycles. The van der Waals surface area contributed by atoms with Gasteiger partial charge >= 0.3 is 6.18 Å². The van der Waals surface area contributed by atoms with Gasteiger partial charge < -0.3 is 15.0 Å². The molecule has 0 aromatic rings. The van der Waals surface area contributed by atoms with Gasteiger partial charge in [-0.05, 0) is 26.7 Å². The van der Waals surface area contributed by atoms with E-state index in [0.717, 1.165) is 32.0 Å². The topological polar surface area (TPSA) is 40.1 Å². The van der Waals surface area contributed by atoms with Crippen molar-refractivity contribution in [1.29, 1.82) is 0 Å². The Kier molecular flexibility index (Phi) is 6.52. The van der Waals surface area contributed by atoms with Crippen LogP contribution in [0.4, 0.5) is 13.2 Å². The Morgan fingerprint density at radius 1 is 1.30 bits per heavy atom. The highest BCUT2D eigenvalue weighted by atomic mass is 19.4. The van der Waals surface area contributed by atoms with Crippen LogP contribution in [0.3, 0.4) is 0 Å². The van der Waals surface area contributed by atoms with Crippen molar-refractivity contribution in [3.8, 4) is 0 Å². The van der Waals surface area contributed by atoms with E-state index in [-0.39, 0.29) is 6.10 Å². The lowest BCUT2D eigenvalue weighted by Crippen LogP contribution is -2.56. The van der Waals surface area contributed by atoms with Crippen LogP contribution in [-0.2, 0) is 4.74 Å². The first-order valence-corrected chi connectivity index (χ1v) is 8.37. The molecule has 2 rings (SSSR count). The van der Waals surface area contributed by atoms with Crippen molar-refractivity contribution in [2.75, 3.05) is 45.9 Å². The number of nitrogens with zero attached hydrogens (tertiary/aromatic N) is 3. The molecule has 0 saturated carbocycles. The molecule has 2 saturated heterocycles. The molecule has 1 N–H and O–H groups in total.